The van der Waals surface area contributed by atoms with Gasteiger partial charge in [0.05, 0.1) is 5.56 Å². The van der Waals surface area contributed by atoms with Gasteiger partial charge in [-0.3, -0.25) is 9.78 Å². The van der Waals surface area contributed by atoms with E-state index in [0.717, 1.165) is 31.4 Å². The zero-order valence-corrected chi connectivity index (χ0v) is 11.5. The SMILES string of the molecule is O=C(NC1CCCC1Br)c1ccc(C(F)(F)F)cn1. The number of pyridine rings is 1. The predicted molar refractivity (Wildman–Crippen MR) is 67.1 cm³/mol. The first-order chi connectivity index (χ1) is 8.88. The topological polar surface area (TPSA) is 42.0 Å². The largest absolute Gasteiger partial charge is 0.417 e. The van der Waals surface area contributed by atoms with E-state index in [1.54, 1.807) is 0 Å². The number of rotatable bonds is 2. The van der Waals surface area contributed by atoms with E-state index in [4.69, 9.17) is 0 Å². The van der Waals surface area contributed by atoms with Gasteiger partial charge in [-0.15, -0.1) is 0 Å². The van der Waals surface area contributed by atoms with E-state index in [0.29, 0.717) is 6.20 Å². The summed E-state index contributed by atoms with van der Waals surface area (Å²) in [7, 11) is 0. The molecule has 1 amide bonds. The summed E-state index contributed by atoms with van der Waals surface area (Å²) in [6, 6.07) is 1.97. The molecule has 2 atom stereocenters. The van der Waals surface area contributed by atoms with Crippen LogP contribution in [-0.2, 0) is 6.18 Å². The number of halogens is 4. The summed E-state index contributed by atoms with van der Waals surface area (Å²) >= 11 is 3.46. The van der Waals surface area contributed by atoms with Gasteiger partial charge in [0.15, 0.2) is 0 Å². The Labute approximate surface area is 116 Å². The molecular formula is C12H12BrF3N2O. The fourth-order valence-electron chi connectivity index (χ4n) is 2.02. The van der Waals surface area contributed by atoms with Crippen LogP contribution in [0.5, 0.6) is 0 Å². The molecule has 0 bridgehead atoms. The normalized spacial score (nSPS) is 23.4. The third-order valence-corrected chi connectivity index (χ3v) is 4.17. The van der Waals surface area contributed by atoms with Gasteiger partial charge in [-0.25, -0.2) is 0 Å². The van der Waals surface area contributed by atoms with Gasteiger partial charge in [0.25, 0.3) is 5.91 Å². The van der Waals surface area contributed by atoms with E-state index in [1.807, 2.05) is 0 Å². The van der Waals surface area contributed by atoms with Gasteiger partial charge in [-0.05, 0) is 25.0 Å². The fourth-order valence-corrected chi connectivity index (χ4v) is 2.74. The van der Waals surface area contributed by atoms with Gasteiger partial charge in [0, 0.05) is 17.1 Å². The highest BCUT2D eigenvalue weighted by Crippen LogP contribution is 2.28. The maximum absolute atomic E-state index is 12.4. The number of aromatic nitrogens is 1. The maximum atomic E-state index is 12.4. The number of hydrogen-bond acceptors (Lipinski definition) is 2. The smallest absolute Gasteiger partial charge is 0.347 e. The Kier molecular flexibility index (Phi) is 4.13. The molecule has 0 aliphatic heterocycles. The monoisotopic (exact) mass is 336 g/mol. The summed E-state index contributed by atoms with van der Waals surface area (Å²) in [5.41, 5.74) is -0.858. The average molecular weight is 337 g/mol. The lowest BCUT2D eigenvalue weighted by molar-refractivity contribution is -0.137. The molecule has 1 heterocycles. The van der Waals surface area contributed by atoms with Crippen LogP contribution in [-0.4, -0.2) is 21.8 Å². The highest BCUT2D eigenvalue weighted by Gasteiger charge is 2.31. The van der Waals surface area contributed by atoms with Gasteiger partial charge in [0.1, 0.15) is 5.69 Å². The van der Waals surface area contributed by atoms with Crippen molar-refractivity contribution in [2.45, 2.75) is 36.3 Å². The second kappa shape index (κ2) is 5.48. The summed E-state index contributed by atoms with van der Waals surface area (Å²) in [4.78, 5) is 15.6. The van der Waals surface area contributed by atoms with Crippen LogP contribution in [0.15, 0.2) is 18.3 Å². The highest BCUT2D eigenvalue weighted by atomic mass is 79.9. The number of carbonyl (C=O) groups is 1. The number of nitrogens with zero attached hydrogens (tertiary/aromatic N) is 1. The lowest BCUT2D eigenvalue weighted by Gasteiger charge is -2.15. The van der Waals surface area contributed by atoms with E-state index in [9.17, 15) is 18.0 Å². The Balaban J connectivity index is 2.03. The molecule has 1 N–H and O–H groups in total. The molecule has 0 saturated heterocycles. The van der Waals surface area contributed by atoms with Gasteiger partial charge >= 0.3 is 6.18 Å². The molecule has 1 aliphatic rings. The van der Waals surface area contributed by atoms with Crippen molar-refractivity contribution in [1.29, 1.82) is 0 Å². The third kappa shape index (κ3) is 3.46. The molecule has 2 rings (SSSR count). The zero-order chi connectivity index (χ0) is 14.0. The van der Waals surface area contributed by atoms with Crippen molar-refractivity contribution >= 4 is 21.8 Å². The van der Waals surface area contributed by atoms with Crippen molar-refractivity contribution in [3.63, 3.8) is 0 Å². The van der Waals surface area contributed by atoms with Crippen molar-refractivity contribution < 1.29 is 18.0 Å². The van der Waals surface area contributed by atoms with Gasteiger partial charge < -0.3 is 5.32 Å². The molecule has 19 heavy (non-hydrogen) atoms. The van der Waals surface area contributed by atoms with Crippen molar-refractivity contribution in [2.75, 3.05) is 0 Å². The van der Waals surface area contributed by atoms with Crippen LogP contribution in [0, 0.1) is 0 Å². The average Bonchev–Trinajstić information content (AvgIpc) is 2.74. The first-order valence-corrected chi connectivity index (χ1v) is 6.77. The Morgan fingerprint density at radius 3 is 2.58 bits per heavy atom. The molecule has 1 aromatic heterocycles. The molecule has 1 saturated carbocycles. The van der Waals surface area contributed by atoms with Crippen molar-refractivity contribution in [3.05, 3.63) is 29.6 Å². The lowest BCUT2D eigenvalue weighted by atomic mass is 10.2. The second-order valence-electron chi connectivity index (χ2n) is 4.46. The summed E-state index contributed by atoms with van der Waals surface area (Å²) in [5, 5.41) is 2.77. The molecule has 0 radical (unpaired) electrons. The van der Waals surface area contributed by atoms with Crippen LogP contribution in [0.4, 0.5) is 13.2 Å². The molecule has 1 fully saturated rings. The van der Waals surface area contributed by atoms with Crippen molar-refractivity contribution in [2.24, 2.45) is 0 Å². The quantitative estimate of drug-likeness (QED) is 0.843. The summed E-state index contributed by atoms with van der Waals surface area (Å²) < 4.78 is 37.1. The van der Waals surface area contributed by atoms with Crippen LogP contribution >= 0.6 is 15.9 Å². The Morgan fingerprint density at radius 1 is 1.37 bits per heavy atom. The van der Waals surface area contributed by atoms with Gasteiger partial charge in [-0.1, -0.05) is 22.4 Å². The number of amides is 1. The molecule has 1 aromatic rings. The number of alkyl halides is 4. The van der Waals surface area contributed by atoms with E-state index in [-0.39, 0.29) is 16.6 Å². The van der Waals surface area contributed by atoms with Crippen LogP contribution in [0.3, 0.4) is 0 Å². The van der Waals surface area contributed by atoms with Crippen LogP contribution in [0.2, 0.25) is 0 Å². The standard InChI is InChI=1S/C12H12BrF3N2O/c13-8-2-1-3-9(8)18-11(19)10-5-4-7(6-17-10)12(14,15)16/h4-6,8-9H,1-3H2,(H,18,19). The Bertz CT molecular complexity index is 461. The minimum atomic E-state index is -4.44. The second-order valence-corrected chi connectivity index (χ2v) is 5.63. The van der Waals surface area contributed by atoms with Gasteiger partial charge in [-0.2, -0.15) is 13.2 Å². The van der Waals surface area contributed by atoms with Crippen molar-refractivity contribution in [1.82, 2.24) is 10.3 Å². The maximum Gasteiger partial charge on any atom is 0.417 e. The Hall–Kier alpha value is -1.11. The Morgan fingerprint density at radius 2 is 2.11 bits per heavy atom. The highest BCUT2D eigenvalue weighted by molar-refractivity contribution is 9.09. The first kappa shape index (κ1) is 14.3. The van der Waals surface area contributed by atoms with E-state index >= 15 is 0 Å². The molecule has 1 aliphatic carbocycles. The molecule has 0 spiro atoms. The molecule has 3 nitrogen and oxygen atoms in total. The minimum absolute atomic E-state index is 0.000370. The third-order valence-electron chi connectivity index (χ3n) is 3.07. The first-order valence-electron chi connectivity index (χ1n) is 5.86. The number of hydrogen-bond donors (Lipinski definition) is 1. The molecule has 104 valence electrons. The van der Waals surface area contributed by atoms with Crippen LogP contribution in [0.1, 0.15) is 35.3 Å². The number of nitrogens with one attached hydrogen (secondary N) is 1. The molecule has 0 aromatic carbocycles. The molecule has 7 heteroatoms. The van der Waals surface area contributed by atoms with Crippen LogP contribution in [0.25, 0.3) is 0 Å². The fraction of sp³-hybridized carbons (Fsp3) is 0.500. The summed E-state index contributed by atoms with van der Waals surface area (Å²) in [5.74, 6) is -0.440. The molecular weight excluding hydrogens is 325 g/mol. The number of carbonyl (C=O) groups excluding carboxylic acids is 1. The van der Waals surface area contributed by atoms with E-state index in [1.165, 1.54) is 0 Å². The lowest BCUT2D eigenvalue weighted by Crippen LogP contribution is -2.38. The summed E-state index contributed by atoms with van der Waals surface area (Å²) in [6.07, 6.45) is -0.904. The predicted octanol–water partition coefficient (Wildman–Crippen LogP) is 3.15. The summed E-state index contributed by atoms with van der Waals surface area (Å²) in [6.45, 7) is 0. The van der Waals surface area contributed by atoms with Gasteiger partial charge in [0.2, 0.25) is 0 Å². The minimum Gasteiger partial charge on any atom is -0.347 e. The van der Waals surface area contributed by atoms with E-state index < -0.39 is 17.6 Å². The zero-order valence-electron chi connectivity index (χ0n) is 9.88. The van der Waals surface area contributed by atoms with E-state index in [2.05, 4.69) is 26.2 Å². The molecule has 2 unspecified atom stereocenters. The van der Waals surface area contributed by atoms with Crippen LogP contribution < -0.4 is 5.32 Å². The van der Waals surface area contributed by atoms with Crippen molar-refractivity contribution in [3.8, 4) is 0 Å².